The van der Waals surface area contributed by atoms with Crippen molar-refractivity contribution in [3.05, 3.63) is 48.6 Å². The van der Waals surface area contributed by atoms with Crippen molar-refractivity contribution in [2.45, 2.75) is 6.92 Å². The van der Waals surface area contributed by atoms with E-state index in [2.05, 4.69) is 5.32 Å². The Morgan fingerprint density at radius 1 is 0.947 bits per heavy atom. The Bertz CT molecular complexity index is 503. The van der Waals surface area contributed by atoms with Crippen LogP contribution < -0.4 is 5.32 Å². The number of carbonyl (C=O) groups is 3. The number of aromatic hydroxyl groups is 1. The van der Waals surface area contributed by atoms with Crippen molar-refractivity contribution in [2.24, 2.45) is 0 Å². The Hall–Kier alpha value is -2.69. The summed E-state index contributed by atoms with van der Waals surface area (Å²) in [5.74, 6) is -0.163. The number of amides is 1. The third-order valence-corrected chi connectivity index (χ3v) is 2.01. The molecule has 0 aliphatic heterocycles. The molecule has 98 valence electrons. The Labute approximate surface area is 110 Å². The molecule has 2 rings (SSSR count). The van der Waals surface area contributed by atoms with Gasteiger partial charge in [0.15, 0.2) is 11.6 Å². The summed E-state index contributed by atoms with van der Waals surface area (Å²) in [6.07, 6.45) is 5.01. The molecule has 0 bridgehead atoms. The molecule has 1 aromatic carbocycles. The zero-order valence-electron chi connectivity index (χ0n) is 10.3. The number of hydrogen-bond acceptors (Lipinski definition) is 4. The molecule has 0 saturated carbocycles. The molecule has 0 radical (unpaired) electrons. The molecule has 1 amide bonds. The normalized spacial score (nSPS) is 12.7. The van der Waals surface area contributed by atoms with Crippen LogP contribution in [-0.4, -0.2) is 22.6 Å². The lowest BCUT2D eigenvalue weighted by atomic mass is 10.2. The monoisotopic (exact) mass is 259 g/mol. The molecule has 1 aliphatic carbocycles. The molecule has 1 aromatic rings. The minimum atomic E-state index is -0.121. The number of allylic oxidation sites excluding steroid dienone is 4. The molecule has 0 atom stereocenters. The standard InChI is InChI=1S/C8H9NO2.C6H4O2/c1-6(10)9-7-2-4-8(11)5-3-7;7-5-1-2-6(8)4-3-5/h2-5,11H,1H3,(H,9,10);1-4H. The fraction of sp³-hybridized carbons (Fsp3) is 0.0714. The molecule has 0 unspecified atom stereocenters. The maximum absolute atomic E-state index is 10.5. The first-order chi connectivity index (χ1) is 8.97. The Morgan fingerprint density at radius 3 is 1.74 bits per heavy atom. The lowest BCUT2D eigenvalue weighted by Gasteiger charge is -1.99. The smallest absolute Gasteiger partial charge is 0.221 e. The average Bonchev–Trinajstić information content (AvgIpc) is 2.36. The summed E-state index contributed by atoms with van der Waals surface area (Å²) in [6.45, 7) is 1.44. The van der Waals surface area contributed by atoms with E-state index in [1.54, 1.807) is 12.1 Å². The molecule has 0 heterocycles. The number of ketones is 2. The van der Waals surface area contributed by atoms with Gasteiger partial charge in [-0.15, -0.1) is 0 Å². The zero-order valence-corrected chi connectivity index (χ0v) is 10.3. The van der Waals surface area contributed by atoms with Gasteiger partial charge in [0.1, 0.15) is 5.75 Å². The second-order valence-electron chi connectivity index (χ2n) is 3.70. The number of phenolic OH excluding ortho intramolecular Hbond substituents is 1. The SMILES string of the molecule is CC(=O)Nc1ccc(O)cc1.O=C1C=CC(=O)C=C1. The van der Waals surface area contributed by atoms with Crippen LogP contribution in [0.1, 0.15) is 6.92 Å². The predicted octanol–water partition coefficient (Wildman–Crippen LogP) is 1.60. The molecule has 5 nitrogen and oxygen atoms in total. The van der Waals surface area contributed by atoms with Gasteiger partial charge in [0.2, 0.25) is 5.91 Å². The first-order valence-electron chi connectivity index (χ1n) is 5.48. The van der Waals surface area contributed by atoms with Crippen LogP contribution >= 0.6 is 0 Å². The third-order valence-electron chi connectivity index (χ3n) is 2.01. The van der Waals surface area contributed by atoms with Gasteiger partial charge in [0.05, 0.1) is 0 Å². The van der Waals surface area contributed by atoms with E-state index >= 15 is 0 Å². The highest BCUT2D eigenvalue weighted by Gasteiger charge is 1.98. The fourth-order valence-corrected chi connectivity index (χ4v) is 1.19. The van der Waals surface area contributed by atoms with E-state index < -0.39 is 0 Å². The highest BCUT2D eigenvalue weighted by atomic mass is 16.3. The van der Waals surface area contributed by atoms with Crippen LogP contribution in [-0.2, 0) is 14.4 Å². The minimum absolute atomic E-state index is 0.115. The van der Waals surface area contributed by atoms with E-state index in [9.17, 15) is 14.4 Å². The summed E-state index contributed by atoms with van der Waals surface area (Å²) >= 11 is 0. The summed E-state index contributed by atoms with van der Waals surface area (Å²) in [6, 6.07) is 6.31. The van der Waals surface area contributed by atoms with Gasteiger partial charge in [-0.2, -0.15) is 0 Å². The average molecular weight is 259 g/mol. The summed E-state index contributed by atoms with van der Waals surface area (Å²) in [5.41, 5.74) is 0.690. The molecule has 2 N–H and O–H groups in total. The lowest BCUT2D eigenvalue weighted by molar-refractivity contribution is -0.114. The van der Waals surface area contributed by atoms with Crippen molar-refractivity contribution < 1.29 is 19.5 Å². The first kappa shape index (κ1) is 14.4. The molecule has 0 aromatic heterocycles. The van der Waals surface area contributed by atoms with E-state index in [0.29, 0.717) is 5.69 Å². The Morgan fingerprint density at radius 2 is 1.37 bits per heavy atom. The minimum Gasteiger partial charge on any atom is -0.508 e. The number of carbonyl (C=O) groups excluding carboxylic acids is 3. The van der Waals surface area contributed by atoms with Crippen LogP contribution in [0.4, 0.5) is 5.69 Å². The number of nitrogens with one attached hydrogen (secondary N) is 1. The van der Waals surface area contributed by atoms with E-state index in [0.717, 1.165) is 0 Å². The van der Waals surface area contributed by atoms with Gasteiger partial charge in [-0.3, -0.25) is 14.4 Å². The summed E-state index contributed by atoms with van der Waals surface area (Å²) in [5, 5.41) is 11.5. The lowest BCUT2D eigenvalue weighted by Crippen LogP contribution is -2.04. The maximum Gasteiger partial charge on any atom is 0.221 e. The number of hydrogen-bond donors (Lipinski definition) is 2. The van der Waals surface area contributed by atoms with Crippen LogP contribution in [0.25, 0.3) is 0 Å². The predicted molar refractivity (Wildman–Crippen MR) is 70.7 cm³/mol. The molecule has 5 heteroatoms. The van der Waals surface area contributed by atoms with Gasteiger partial charge in [-0.05, 0) is 48.6 Å². The number of anilines is 1. The largest absolute Gasteiger partial charge is 0.508 e. The zero-order chi connectivity index (χ0) is 14.3. The van der Waals surface area contributed by atoms with Crippen molar-refractivity contribution in [2.75, 3.05) is 5.32 Å². The Kier molecular flexibility index (Phi) is 5.22. The molecule has 0 saturated heterocycles. The maximum atomic E-state index is 10.5. The first-order valence-corrected chi connectivity index (χ1v) is 5.48. The van der Waals surface area contributed by atoms with Crippen LogP contribution in [0.2, 0.25) is 0 Å². The number of phenols is 1. The molecule has 0 fully saturated rings. The summed E-state index contributed by atoms with van der Waals surface area (Å²) in [7, 11) is 0. The van der Waals surface area contributed by atoms with Gasteiger partial charge in [-0.25, -0.2) is 0 Å². The second kappa shape index (κ2) is 6.90. The van der Waals surface area contributed by atoms with E-state index in [4.69, 9.17) is 5.11 Å². The highest BCUT2D eigenvalue weighted by Crippen LogP contribution is 2.13. The van der Waals surface area contributed by atoms with Gasteiger partial charge < -0.3 is 10.4 Å². The molecular weight excluding hydrogens is 246 g/mol. The topological polar surface area (TPSA) is 83.5 Å². The van der Waals surface area contributed by atoms with Gasteiger partial charge in [0.25, 0.3) is 0 Å². The van der Waals surface area contributed by atoms with Crippen LogP contribution in [0.15, 0.2) is 48.6 Å². The molecule has 0 spiro atoms. The van der Waals surface area contributed by atoms with E-state index in [-0.39, 0.29) is 23.2 Å². The summed E-state index contributed by atoms with van der Waals surface area (Å²) in [4.78, 5) is 31.1. The van der Waals surface area contributed by atoms with Gasteiger partial charge in [0, 0.05) is 12.6 Å². The number of rotatable bonds is 1. The fourth-order valence-electron chi connectivity index (χ4n) is 1.19. The van der Waals surface area contributed by atoms with Crippen molar-refractivity contribution in [3.8, 4) is 5.75 Å². The Balaban J connectivity index is 0.000000200. The van der Waals surface area contributed by atoms with Crippen LogP contribution in [0.3, 0.4) is 0 Å². The van der Waals surface area contributed by atoms with Crippen molar-refractivity contribution in [1.29, 1.82) is 0 Å². The van der Waals surface area contributed by atoms with Crippen LogP contribution in [0, 0.1) is 0 Å². The van der Waals surface area contributed by atoms with Gasteiger partial charge in [-0.1, -0.05) is 0 Å². The molecule has 19 heavy (non-hydrogen) atoms. The highest BCUT2D eigenvalue weighted by molar-refractivity contribution is 6.14. The van der Waals surface area contributed by atoms with Crippen molar-refractivity contribution in [3.63, 3.8) is 0 Å². The van der Waals surface area contributed by atoms with Crippen molar-refractivity contribution in [1.82, 2.24) is 0 Å². The van der Waals surface area contributed by atoms with E-state index in [1.165, 1.54) is 43.4 Å². The summed E-state index contributed by atoms with van der Waals surface area (Å²) < 4.78 is 0. The second-order valence-corrected chi connectivity index (χ2v) is 3.70. The quantitative estimate of drug-likeness (QED) is 0.592. The third kappa shape index (κ3) is 5.97. The van der Waals surface area contributed by atoms with Gasteiger partial charge >= 0.3 is 0 Å². The van der Waals surface area contributed by atoms with Crippen LogP contribution in [0.5, 0.6) is 5.75 Å². The van der Waals surface area contributed by atoms with E-state index in [1.807, 2.05) is 0 Å². The van der Waals surface area contributed by atoms with Crippen molar-refractivity contribution >= 4 is 23.2 Å². The number of benzene rings is 1. The molecular formula is C14H13NO4. The molecule has 1 aliphatic rings.